The molecule has 0 unspecified atom stereocenters. The van der Waals surface area contributed by atoms with Crippen LogP contribution in [0, 0.1) is 6.92 Å². The van der Waals surface area contributed by atoms with Crippen LogP contribution in [0.2, 0.25) is 5.02 Å². The molecular formula is C15H15ClN2O3. The zero-order valence-corrected chi connectivity index (χ0v) is 12.3. The highest BCUT2D eigenvalue weighted by Crippen LogP contribution is 2.38. The summed E-state index contributed by atoms with van der Waals surface area (Å²) in [6.45, 7) is 1.47. The molecule has 1 aromatic heterocycles. The summed E-state index contributed by atoms with van der Waals surface area (Å²) >= 11 is 5.91. The summed E-state index contributed by atoms with van der Waals surface area (Å²) in [5.74, 6) is -1.02. The number of hydrogen-bond donors (Lipinski definition) is 1. The highest BCUT2D eigenvalue weighted by molar-refractivity contribution is 6.30. The molecule has 0 bridgehead atoms. The molecule has 1 fully saturated rings. The Labute approximate surface area is 126 Å². The van der Waals surface area contributed by atoms with E-state index in [2.05, 4.69) is 0 Å². The van der Waals surface area contributed by atoms with Gasteiger partial charge in [-0.3, -0.25) is 13.9 Å². The highest BCUT2D eigenvalue weighted by Gasteiger charge is 2.31. The summed E-state index contributed by atoms with van der Waals surface area (Å²) in [6, 6.07) is 7.43. The van der Waals surface area contributed by atoms with E-state index in [1.807, 2.05) is 12.1 Å². The van der Waals surface area contributed by atoms with Gasteiger partial charge in [-0.1, -0.05) is 23.7 Å². The Kier molecular flexibility index (Phi) is 3.37. The lowest BCUT2D eigenvalue weighted by Gasteiger charge is -2.07. The minimum atomic E-state index is -1.02. The van der Waals surface area contributed by atoms with Crippen molar-refractivity contribution in [3.05, 3.63) is 45.5 Å². The molecule has 6 heteroatoms. The van der Waals surface area contributed by atoms with Crippen LogP contribution in [0.4, 0.5) is 0 Å². The van der Waals surface area contributed by atoms with Crippen LogP contribution < -0.4 is 5.69 Å². The van der Waals surface area contributed by atoms with Gasteiger partial charge in [0.15, 0.2) is 0 Å². The first-order valence-electron chi connectivity index (χ1n) is 6.78. The Morgan fingerprint density at radius 2 is 1.95 bits per heavy atom. The van der Waals surface area contributed by atoms with Crippen LogP contribution in [-0.4, -0.2) is 20.2 Å². The molecule has 1 aromatic carbocycles. The smallest absolute Gasteiger partial charge is 0.329 e. The van der Waals surface area contributed by atoms with Gasteiger partial charge in [0.25, 0.3) is 0 Å². The minimum absolute atomic E-state index is 0.178. The predicted molar refractivity (Wildman–Crippen MR) is 79.8 cm³/mol. The summed E-state index contributed by atoms with van der Waals surface area (Å²) in [6.07, 6.45) is 1.91. The Morgan fingerprint density at radius 3 is 2.48 bits per heavy atom. The predicted octanol–water partition coefficient (Wildman–Crippen LogP) is 2.70. The molecule has 21 heavy (non-hydrogen) atoms. The maximum Gasteiger partial charge on any atom is 0.329 e. The zero-order chi connectivity index (χ0) is 15.1. The van der Waals surface area contributed by atoms with Crippen molar-refractivity contribution in [3.63, 3.8) is 0 Å². The number of imidazole rings is 1. The Hall–Kier alpha value is -2.01. The Balaban J connectivity index is 2.20. The number of carboxylic acid groups (broad SMARTS) is 1. The molecule has 1 N–H and O–H groups in total. The standard InChI is InChI=1S/C15H15ClN2O3/c1-9-14(10-2-4-11(16)5-3-10)18(12-6-7-12)15(21)17(9)8-13(19)20/h2-5,12H,6-8H2,1H3,(H,19,20). The van der Waals surface area contributed by atoms with Crippen molar-refractivity contribution in [2.24, 2.45) is 0 Å². The van der Waals surface area contributed by atoms with Gasteiger partial charge in [-0.05, 0) is 31.9 Å². The number of nitrogens with zero attached hydrogens (tertiary/aromatic N) is 2. The SMILES string of the molecule is Cc1c(-c2ccc(Cl)cc2)n(C2CC2)c(=O)n1CC(=O)O. The molecule has 1 aliphatic carbocycles. The Bertz CT molecular complexity index is 754. The monoisotopic (exact) mass is 306 g/mol. The quantitative estimate of drug-likeness (QED) is 0.944. The first-order chi connectivity index (χ1) is 9.99. The van der Waals surface area contributed by atoms with E-state index in [4.69, 9.17) is 16.7 Å². The fourth-order valence-corrected chi connectivity index (χ4v) is 2.75. The number of carbonyl (C=O) groups is 1. The maximum atomic E-state index is 12.5. The molecule has 0 radical (unpaired) electrons. The molecule has 0 aliphatic heterocycles. The maximum absolute atomic E-state index is 12.5. The summed E-state index contributed by atoms with van der Waals surface area (Å²) < 4.78 is 3.05. The van der Waals surface area contributed by atoms with Crippen molar-refractivity contribution in [2.75, 3.05) is 0 Å². The topological polar surface area (TPSA) is 64.2 Å². The largest absolute Gasteiger partial charge is 0.480 e. The van der Waals surface area contributed by atoms with Crippen molar-refractivity contribution in [2.45, 2.75) is 32.4 Å². The molecule has 0 saturated heterocycles. The van der Waals surface area contributed by atoms with Crippen molar-refractivity contribution in [1.29, 1.82) is 0 Å². The fourth-order valence-electron chi connectivity index (χ4n) is 2.62. The number of carboxylic acids is 1. The second-order valence-corrected chi connectivity index (χ2v) is 5.74. The van der Waals surface area contributed by atoms with E-state index in [1.54, 1.807) is 23.6 Å². The van der Waals surface area contributed by atoms with Gasteiger partial charge in [-0.25, -0.2) is 4.79 Å². The van der Waals surface area contributed by atoms with Gasteiger partial charge < -0.3 is 5.11 Å². The lowest BCUT2D eigenvalue weighted by Crippen LogP contribution is -2.27. The van der Waals surface area contributed by atoms with Gasteiger partial charge in [0.05, 0.1) is 5.69 Å². The van der Waals surface area contributed by atoms with Gasteiger partial charge in [-0.15, -0.1) is 0 Å². The van der Waals surface area contributed by atoms with E-state index in [-0.39, 0.29) is 18.3 Å². The molecule has 1 heterocycles. The average molecular weight is 307 g/mol. The number of rotatable bonds is 4. The number of aromatic nitrogens is 2. The second-order valence-electron chi connectivity index (χ2n) is 5.30. The number of hydrogen-bond acceptors (Lipinski definition) is 2. The summed E-state index contributed by atoms with van der Waals surface area (Å²) in [5.41, 5.74) is 2.10. The van der Waals surface area contributed by atoms with Crippen LogP contribution in [0.5, 0.6) is 0 Å². The van der Waals surface area contributed by atoms with Crippen LogP contribution in [0.25, 0.3) is 11.3 Å². The molecule has 0 amide bonds. The van der Waals surface area contributed by atoms with Crippen LogP contribution in [0.3, 0.4) is 0 Å². The lowest BCUT2D eigenvalue weighted by molar-refractivity contribution is -0.137. The second kappa shape index (κ2) is 5.07. The van der Waals surface area contributed by atoms with Crippen molar-refractivity contribution >= 4 is 17.6 Å². The first kappa shape index (κ1) is 13.9. The zero-order valence-electron chi connectivity index (χ0n) is 11.5. The average Bonchev–Trinajstić information content (AvgIpc) is 3.23. The van der Waals surface area contributed by atoms with E-state index in [9.17, 15) is 9.59 Å². The molecule has 1 saturated carbocycles. The molecule has 5 nitrogen and oxygen atoms in total. The normalized spacial score (nSPS) is 14.4. The lowest BCUT2D eigenvalue weighted by atomic mass is 10.1. The molecule has 0 spiro atoms. The molecular weight excluding hydrogens is 292 g/mol. The Morgan fingerprint density at radius 1 is 1.33 bits per heavy atom. The van der Waals surface area contributed by atoms with Crippen LogP contribution >= 0.6 is 11.6 Å². The highest BCUT2D eigenvalue weighted by atomic mass is 35.5. The van der Waals surface area contributed by atoms with Gasteiger partial charge in [0.1, 0.15) is 6.54 Å². The summed E-state index contributed by atoms with van der Waals surface area (Å²) in [7, 11) is 0. The van der Waals surface area contributed by atoms with Crippen LogP contribution in [0.15, 0.2) is 29.1 Å². The van der Waals surface area contributed by atoms with Crippen molar-refractivity contribution < 1.29 is 9.90 Å². The molecule has 2 aromatic rings. The van der Waals surface area contributed by atoms with Crippen molar-refractivity contribution in [3.8, 4) is 11.3 Å². The van der Waals surface area contributed by atoms with Crippen LogP contribution in [0.1, 0.15) is 24.6 Å². The number of benzene rings is 1. The number of halogens is 1. The number of aliphatic carboxylic acids is 1. The third-order valence-electron chi connectivity index (χ3n) is 3.75. The van der Waals surface area contributed by atoms with E-state index in [0.29, 0.717) is 10.7 Å². The molecule has 3 rings (SSSR count). The minimum Gasteiger partial charge on any atom is -0.480 e. The van der Waals surface area contributed by atoms with Gasteiger partial charge in [0, 0.05) is 22.3 Å². The van der Waals surface area contributed by atoms with E-state index < -0.39 is 5.97 Å². The van der Waals surface area contributed by atoms with Gasteiger partial charge in [-0.2, -0.15) is 0 Å². The fraction of sp³-hybridized carbons (Fsp3) is 0.333. The van der Waals surface area contributed by atoms with E-state index in [1.165, 1.54) is 4.57 Å². The van der Waals surface area contributed by atoms with Crippen molar-refractivity contribution in [1.82, 2.24) is 9.13 Å². The molecule has 110 valence electrons. The van der Waals surface area contributed by atoms with Crippen LogP contribution in [-0.2, 0) is 11.3 Å². The third kappa shape index (κ3) is 2.49. The van der Waals surface area contributed by atoms with E-state index in [0.717, 1.165) is 24.1 Å². The summed E-state index contributed by atoms with van der Waals surface area (Å²) in [4.78, 5) is 23.5. The molecule has 0 atom stereocenters. The van der Waals surface area contributed by atoms with Gasteiger partial charge >= 0.3 is 11.7 Å². The van der Waals surface area contributed by atoms with E-state index >= 15 is 0 Å². The first-order valence-corrected chi connectivity index (χ1v) is 7.16. The summed E-state index contributed by atoms with van der Waals surface area (Å²) in [5, 5.41) is 9.62. The third-order valence-corrected chi connectivity index (χ3v) is 4.00. The molecule has 1 aliphatic rings. The van der Waals surface area contributed by atoms with Gasteiger partial charge in [0.2, 0.25) is 0 Å².